The van der Waals surface area contributed by atoms with Crippen LogP contribution in [0.3, 0.4) is 0 Å². The van der Waals surface area contributed by atoms with Gasteiger partial charge in [-0.2, -0.15) is 0 Å². The van der Waals surface area contributed by atoms with Crippen molar-refractivity contribution in [3.8, 4) is 11.1 Å². The predicted molar refractivity (Wildman–Crippen MR) is 107 cm³/mol. The van der Waals surface area contributed by atoms with Crippen LogP contribution in [0.2, 0.25) is 0 Å². The maximum atomic E-state index is 11.8. The molecule has 0 atom stereocenters. The number of amides is 2. The molecule has 7 nitrogen and oxygen atoms in total. The first-order valence-corrected chi connectivity index (χ1v) is 8.89. The largest absolute Gasteiger partial charge is 0.369 e. The summed E-state index contributed by atoms with van der Waals surface area (Å²) in [7, 11) is 0. The molecule has 0 saturated carbocycles. The van der Waals surface area contributed by atoms with Crippen LogP contribution in [-0.2, 0) is 4.79 Å². The number of hydrogen-bond donors (Lipinski definition) is 4. The SMILES string of the molecule is NC(=O)c1c(NC=O)[nH]c2cc(-c3ccc(N4CCNCC4)cc3)ccc12. The molecule has 2 heterocycles. The van der Waals surface area contributed by atoms with Gasteiger partial charge in [-0.3, -0.25) is 9.59 Å². The zero-order chi connectivity index (χ0) is 18.8. The second-order valence-electron chi connectivity index (χ2n) is 6.55. The van der Waals surface area contributed by atoms with E-state index in [2.05, 4.69) is 44.8 Å². The third-order valence-corrected chi connectivity index (χ3v) is 4.93. The average molecular weight is 363 g/mol. The van der Waals surface area contributed by atoms with Crippen LogP contribution >= 0.6 is 0 Å². The normalized spacial score (nSPS) is 14.3. The Morgan fingerprint density at radius 1 is 1.07 bits per heavy atom. The molecule has 2 amide bonds. The topological polar surface area (TPSA) is 103 Å². The van der Waals surface area contributed by atoms with Crippen LogP contribution in [0.15, 0.2) is 42.5 Å². The number of nitrogens with zero attached hydrogens (tertiary/aromatic N) is 1. The summed E-state index contributed by atoms with van der Waals surface area (Å²) in [5, 5.41) is 6.55. The standard InChI is InChI=1S/C20H21N5O2/c21-19(27)18-16-6-3-14(11-17(16)24-20(18)23-12-26)13-1-4-15(5-2-13)25-9-7-22-8-10-25/h1-6,11-12,22,24H,7-10H2,(H2,21,27)(H,23,26). The predicted octanol–water partition coefficient (Wildman–Crippen LogP) is 1.91. The molecular weight excluding hydrogens is 342 g/mol. The van der Waals surface area contributed by atoms with Gasteiger partial charge >= 0.3 is 0 Å². The molecule has 1 aliphatic rings. The summed E-state index contributed by atoms with van der Waals surface area (Å²) >= 11 is 0. The Kier molecular flexibility index (Phi) is 4.52. The minimum atomic E-state index is -0.585. The molecule has 1 fully saturated rings. The number of aromatic nitrogens is 1. The van der Waals surface area contributed by atoms with Gasteiger partial charge in [0.05, 0.1) is 5.56 Å². The van der Waals surface area contributed by atoms with Crippen molar-refractivity contribution in [1.29, 1.82) is 0 Å². The van der Waals surface area contributed by atoms with Crippen molar-refractivity contribution in [3.63, 3.8) is 0 Å². The molecule has 138 valence electrons. The van der Waals surface area contributed by atoms with Crippen molar-refractivity contribution in [2.75, 3.05) is 36.4 Å². The van der Waals surface area contributed by atoms with Gasteiger partial charge in [0.25, 0.3) is 5.91 Å². The van der Waals surface area contributed by atoms with Crippen molar-refractivity contribution in [1.82, 2.24) is 10.3 Å². The first kappa shape index (κ1) is 17.1. The van der Waals surface area contributed by atoms with Gasteiger partial charge in [0.1, 0.15) is 5.82 Å². The first-order valence-electron chi connectivity index (χ1n) is 8.89. The van der Waals surface area contributed by atoms with Crippen molar-refractivity contribution in [2.45, 2.75) is 0 Å². The van der Waals surface area contributed by atoms with Crippen molar-refractivity contribution in [2.24, 2.45) is 5.73 Å². The quantitative estimate of drug-likeness (QED) is 0.520. The van der Waals surface area contributed by atoms with Gasteiger partial charge in [-0.05, 0) is 29.3 Å². The van der Waals surface area contributed by atoms with Crippen molar-refractivity contribution < 1.29 is 9.59 Å². The number of nitrogens with one attached hydrogen (secondary N) is 3. The third kappa shape index (κ3) is 3.24. The molecule has 27 heavy (non-hydrogen) atoms. The number of carbonyl (C=O) groups is 2. The van der Waals surface area contributed by atoms with Gasteiger partial charge < -0.3 is 26.3 Å². The summed E-state index contributed by atoms with van der Waals surface area (Å²) in [6.07, 6.45) is 0.521. The number of piperazine rings is 1. The molecule has 0 radical (unpaired) electrons. The Hall–Kier alpha value is -3.32. The van der Waals surface area contributed by atoms with Crippen LogP contribution in [0, 0.1) is 0 Å². The zero-order valence-corrected chi connectivity index (χ0v) is 14.8. The van der Waals surface area contributed by atoms with Crippen LogP contribution in [-0.4, -0.2) is 43.5 Å². The van der Waals surface area contributed by atoms with E-state index in [-0.39, 0.29) is 5.56 Å². The molecular formula is C20H21N5O2. The summed E-state index contributed by atoms with van der Waals surface area (Å²) in [5.74, 6) is -0.266. The molecule has 1 aromatic heterocycles. The van der Waals surface area contributed by atoms with Crippen LogP contribution in [0.1, 0.15) is 10.4 Å². The molecule has 4 rings (SSSR count). The van der Waals surface area contributed by atoms with Gasteiger partial charge in [0.2, 0.25) is 6.41 Å². The fourth-order valence-electron chi connectivity index (χ4n) is 3.59. The van der Waals surface area contributed by atoms with Crippen LogP contribution in [0.5, 0.6) is 0 Å². The lowest BCUT2D eigenvalue weighted by Gasteiger charge is -2.29. The number of rotatable bonds is 5. The third-order valence-electron chi connectivity index (χ3n) is 4.93. The Labute approximate surface area is 156 Å². The summed E-state index contributed by atoms with van der Waals surface area (Å²) in [4.78, 5) is 28.0. The summed E-state index contributed by atoms with van der Waals surface area (Å²) < 4.78 is 0. The molecule has 7 heteroatoms. The van der Waals surface area contributed by atoms with E-state index < -0.39 is 5.91 Å². The second-order valence-corrected chi connectivity index (χ2v) is 6.55. The summed E-state index contributed by atoms with van der Waals surface area (Å²) in [5.41, 5.74) is 9.82. The Bertz CT molecular complexity index is 988. The van der Waals surface area contributed by atoms with Gasteiger partial charge in [-0.25, -0.2) is 0 Å². The van der Waals surface area contributed by atoms with E-state index in [4.69, 9.17) is 5.73 Å². The molecule has 0 aliphatic carbocycles. The van der Waals surface area contributed by atoms with Gasteiger partial charge in [0, 0.05) is 42.8 Å². The van der Waals surface area contributed by atoms with E-state index >= 15 is 0 Å². The number of anilines is 2. The number of primary amides is 1. The number of nitrogens with two attached hydrogens (primary N) is 1. The highest BCUT2D eigenvalue weighted by atomic mass is 16.1. The molecule has 3 aromatic rings. The molecule has 1 saturated heterocycles. The van der Waals surface area contributed by atoms with E-state index in [1.54, 1.807) is 0 Å². The zero-order valence-electron chi connectivity index (χ0n) is 14.8. The second kappa shape index (κ2) is 7.13. The Morgan fingerprint density at radius 2 is 1.78 bits per heavy atom. The van der Waals surface area contributed by atoms with E-state index in [1.165, 1.54) is 5.69 Å². The summed E-state index contributed by atoms with van der Waals surface area (Å²) in [6.45, 7) is 4.03. The maximum Gasteiger partial charge on any atom is 0.253 e. The van der Waals surface area contributed by atoms with Gasteiger partial charge in [-0.15, -0.1) is 0 Å². The van der Waals surface area contributed by atoms with E-state index in [1.807, 2.05) is 18.2 Å². The van der Waals surface area contributed by atoms with Crippen LogP contribution in [0.4, 0.5) is 11.5 Å². The maximum absolute atomic E-state index is 11.8. The van der Waals surface area contributed by atoms with Gasteiger partial charge in [0.15, 0.2) is 0 Å². The molecule has 2 aromatic carbocycles. The highest BCUT2D eigenvalue weighted by molar-refractivity contribution is 6.12. The first-order chi connectivity index (χ1) is 13.2. The van der Waals surface area contributed by atoms with E-state index in [0.717, 1.165) is 42.8 Å². The fraction of sp³-hybridized carbons (Fsp3) is 0.200. The van der Waals surface area contributed by atoms with Gasteiger partial charge in [-0.1, -0.05) is 24.3 Å². The monoisotopic (exact) mass is 363 g/mol. The van der Waals surface area contributed by atoms with Crippen molar-refractivity contribution >= 4 is 34.7 Å². The number of hydrogen-bond acceptors (Lipinski definition) is 4. The highest BCUT2D eigenvalue weighted by Crippen LogP contribution is 2.31. The minimum absolute atomic E-state index is 0.290. The van der Waals surface area contributed by atoms with Crippen molar-refractivity contribution in [3.05, 3.63) is 48.0 Å². The van der Waals surface area contributed by atoms with Crippen LogP contribution in [0.25, 0.3) is 22.0 Å². The Balaban J connectivity index is 1.67. The highest BCUT2D eigenvalue weighted by Gasteiger charge is 2.17. The Morgan fingerprint density at radius 3 is 2.44 bits per heavy atom. The lowest BCUT2D eigenvalue weighted by atomic mass is 10.0. The molecule has 1 aliphatic heterocycles. The lowest BCUT2D eigenvalue weighted by Crippen LogP contribution is -2.43. The van der Waals surface area contributed by atoms with E-state index in [0.29, 0.717) is 17.6 Å². The number of fused-ring (bicyclic) bond motifs is 1. The average Bonchev–Trinajstić information content (AvgIpc) is 3.06. The fourth-order valence-corrected chi connectivity index (χ4v) is 3.59. The molecule has 0 unspecified atom stereocenters. The lowest BCUT2D eigenvalue weighted by molar-refractivity contribution is -0.105. The molecule has 0 spiro atoms. The summed E-state index contributed by atoms with van der Waals surface area (Å²) in [6, 6.07) is 14.2. The molecule has 0 bridgehead atoms. The number of H-pyrrole nitrogens is 1. The smallest absolute Gasteiger partial charge is 0.253 e. The molecule has 5 N–H and O–H groups in total. The van der Waals surface area contributed by atoms with Crippen LogP contribution < -0.4 is 21.3 Å². The van der Waals surface area contributed by atoms with E-state index in [9.17, 15) is 9.59 Å². The number of benzene rings is 2. The number of aromatic amines is 1. The number of carbonyl (C=O) groups excluding carboxylic acids is 2. The minimum Gasteiger partial charge on any atom is -0.369 e.